The minimum atomic E-state index is -0.0263. The highest BCUT2D eigenvalue weighted by atomic mass is 35.5. The number of hydrogen-bond acceptors (Lipinski definition) is 3. The molecule has 2 aromatic carbocycles. The number of amides is 1. The smallest absolute Gasteiger partial charge is 0.255 e. The largest absolute Gasteiger partial charge is 0.333 e. The van der Waals surface area contributed by atoms with E-state index in [0.29, 0.717) is 23.7 Å². The Morgan fingerprint density at radius 1 is 1.08 bits per heavy atom. The van der Waals surface area contributed by atoms with E-state index >= 15 is 0 Å². The highest BCUT2D eigenvalue weighted by Gasteiger charge is 2.19. The van der Waals surface area contributed by atoms with E-state index in [9.17, 15) is 4.79 Å². The summed E-state index contributed by atoms with van der Waals surface area (Å²) in [5, 5.41) is 0.501. The van der Waals surface area contributed by atoms with Crippen molar-refractivity contribution in [3.63, 3.8) is 0 Å². The molecule has 0 unspecified atom stereocenters. The fourth-order valence-corrected chi connectivity index (χ4v) is 2.98. The summed E-state index contributed by atoms with van der Waals surface area (Å²) in [6, 6.07) is 15.7. The van der Waals surface area contributed by atoms with Gasteiger partial charge in [0.05, 0.1) is 10.6 Å². The highest BCUT2D eigenvalue weighted by molar-refractivity contribution is 7.98. The van der Waals surface area contributed by atoms with Crippen molar-refractivity contribution in [3.05, 3.63) is 64.7 Å². The van der Waals surface area contributed by atoms with Crippen molar-refractivity contribution in [1.29, 1.82) is 0 Å². The molecule has 0 N–H and O–H groups in total. The number of nitrogens with zero attached hydrogens (tertiary/aromatic N) is 2. The Morgan fingerprint density at radius 3 is 2.42 bits per heavy atom. The third kappa shape index (κ3) is 5.26. The molecule has 0 radical (unpaired) electrons. The average Bonchev–Trinajstić information content (AvgIpc) is 2.59. The number of benzene rings is 2. The third-order valence-electron chi connectivity index (χ3n) is 3.72. The first-order valence-corrected chi connectivity index (χ1v) is 9.43. The van der Waals surface area contributed by atoms with Crippen molar-refractivity contribution in [3.8, 4) is 0 Å². The van der Waals surface area contributed by atoms with Gasteiger partial charge in [-0.05, 0) is 44.1 Å². The van der Waals surface area contributed by atoms with E-state index in [1.165, 1.54) is 0 Å². The molecule has 0 fully saturated rings. The Balaban J connectivity index is 2.26. The van der Waals surface area contributed by atoms with Crippen LogP contribution < -0.4 is 0 Å². The lowest BCUT2D eigenvalue weighted by atomic mass is 10.1. The van der Waals surface area contributed by atoms with Gasteiger partial charge < -0.3 is 9.80 Å². The molecule has 0 aliphatic rings. The van der Waals surface area contributed by atoms with Crippen molar-refractivity contribution in [1.82, 2.24) is 9.80 Å². The van der Waals surface area contributed by atoms with Crippen LogP contribution in [0.15, 0.2) is 53.4 Å². The Hall–Kier alpha value is -1.49. The van der Waals surface area contributed by atoms with Gasteiger partial charge in [-0.3, -0.25) is 4.79 Å². The zero-order valence-corrected chi connectivity index (χ0v) is 15.9. The molecule has 128 valence electrons. The van der Waals surface area contributed by atoms with Crippen molar-refractivity contribution in [2.45, 2.75) is 11.4 Å². The molecular formula is C19H23ClN2OS. The maximum Gasteiger partial charge on any atom is 0.255 e. The number of halogens is 1. The summed E-state index contributed by atoms with van der Waals surface area (Å²) in [5.41, 5.74) is 1.68. The lowest BCUT2D eigenvalue weighted by molar-refractivity contribution is 0.0732. The van der Waals surface area contributed by atoms with Crippen molar-refractivity contribution < 1.29 is 4.79 Å². The number of carbonyl (C=O) groups excluding carboxylic acids is 1. The SMILES string of the molecule is CSc1ccc(Cl)c(C(=O)N(CCN(C)C)Cc2ccccc2)c1. The van der Waals surface area contributed by atoms with Gasteiger partial charge in [0.2, 0.25) is 0 Å². The standard InChI is InChI=1S/C19H23ClN2OS/c1-21(2)11-12-22(14-15-7-5-4-6-8-15)19(23)17-13-16(24-3)9-10-18(17)20/h4-10,13H,11-12,14H2,1-3H3. The molecule has 1 amide bonds. The Bertz CT molecular complexity index is 676. The number of hydrogen-bond donors (Lipinski definition) is 0. The summed E-state index contributed by atoms with van der Waals surface area (Å²) in [4.78, 5) is 18.0. The molecule has 5 heteroatoms. The van der Waals surface area contributed by atoms with Gasteiger partial charge in [-0.25, -0.2) is 0 Å². The lowest BCUT2D eigenvalue weighted by Gasteiger charge is -2.25. The van der Waals surface area contributed by atoms with E-state index in [-0.39, 0.29) is 5.91 Å². The van der Waals surface area contributed by atoms with Crippen LogP contribution in [-0.4, -0.2) is 49.1 Å². The van der Waals surface area contributed by atoms with E-state index in [1.54, 1.807) is 17.8 Å². The summed E-state index contributed by atoms with van der Waals surface area (Å²) >= 11 is 7.90. The zero-order chi connectivity index (χ0) is 17.5. The molecule has 2 aromatic rings. The molecular weight excluding hydrogens is 340 g/mol. The van der Waals surface area contributed by atoms with Crippen LogP contribution in [0.3, 0.4) is 0 Å². The molecule has 2 rings (SSSR count). The van der Waals surface area contributed by atoms with Gasteiger partial charge in [0.15, 0.2) is 0 Å². The Kier molecular flexibility index (Phi) is 7.16. The maximum absolute atomic E-state index is 13.1. The molecule has 0 aliphatic heterocycles. The molecule has 0 spiro atoms. The van der Waals surface area contributed by atoms with Crippen molar-refractivity contribution in [2.75, 3.05) is 33.4 Å². The van der Waals surface area contributed by atoms with Gasteiger partial charge in [-0.15, -0.1) is 11.8 Å². The molecule has 3 nitrogen and oxygen atoms in total. The monoisotopic (exact) mass is 362 g/mol. The first-order valence-electron chi connectivity index (χ1n) is 7.82. The predicted molar refractivity (Wildman–Crippen MR) is 103 cm³/mol. The minimum absolute atomic E-state index is 0.0263. The first-order chi connectivity index (χ1) is 11.5. The maximum atomic E-state index is 13.1. The van der Waals surface area contributed by atoms with Gasteiger partial charge in [0, 0.05) is 24.5 Å². The third-order valence-corrected chi connectivity index (χ3v) is 4.78. The number of rotatable bonds is 7. The molecule has 0 aliphatic carbocycles. The normalized spacial score (nSPS) is 10.9. The molecule has 0 aromatic heterocycles. The van der Waals surface area contributed by atoms with Crippen LogP contribution in [-0.2, 0) is 6.54 Å². The van der Waals surface area contributed by atoms with Crippen LogP contribution in [0.5, 0.6) is 0 Å². The van der Waals surface area contributed by atoms with Crippen molar-refractivity contribution in [2.24, 2.45) is 0 Å². The van der Waals surface area contributed by atoms with Crippen molar-refractivity contribution >= 4 is 29.3 Å². The van der Waals surface area contributed by atoms with E-state index in [1.807, 2.05) is 67.7 Å². The Labute approximate surface area is 153 Å². The molecule has 24 heavy (non-hydrogen) atoms. The highest BCUT2D eigenvalue weighted by Crippen LogP contribution is 2.24. The molecule has 0 saturated heterocycles. The topological polar surface area (TPSA) is 23.6 Å². The van der Waals surface area contributed by atoms with E-state index < -0.39 is 0 Å². The Morgan fingerprint density at radius 2 is 1.79 bits per heavy atom. The first kappa shape index (κ1) is 18.8. The molecule has 0 bridgehead atoms. The molecule has 0 heterocycles. The molecule has 0 atom stereocenters. The van der Waals surface area contributed by atoms with Crippen LogP contribution in [0, 0.1) is 0 Å². The zero-order valence-electron chi connectivity index (χ0n) is 14.3. The van der Waals surface area contributed by atoms with Gasteiger partial charge in [-0.1, -0.05) is 41.9 Å². The summed E-state index contributed by atoms with van der Waals surface area (Å²) in [6.07, 6.45) is 1.99. The average molecular weight is 363 g/mol. The van der Waals surface area contributed by atoms with Gasteiger partial charge in [-0.2, -0.15) is 0 Å². The lowest BCUT2D eigenvalue weighted by Crippen LogP contribution is -2.36. The number of thioether (sulfide) groups is 1. The fraction of sp³-hybridized carbons (Fsp3) is 0.316. The quantitative estimate of drug-likeness (QED) is 0.687. The van der Waals surface area contributed by atoms with Crippen LogP contribution in [0.4, 0.5) is 0 Å². The predicted octanol–water partition coefficient (Wildman–Crippen LogP) is 4.27. The van der Waals surface area contributed by atoms with Gasteiger partial charge in [0.1, 0.15) is 0 Å². The number of carbonyl (C=O) groups is 1. The van der Waals surface area contributed by atoms with Crippen LogP contribution in [0.1, 0.15) is 15.9 Å². The van der Waals surface area contributed by atoms with E-state index in [0.717, 1.165) is 17.0 Å². The molecule has 0 saturated carbocycles. The van der Waals surface area contributed by atoms with Crippen LogP contribution in [0.25, 0.3) is 0 Å². The van der Waals surface area contributed by atoms with E-state index in [2.05, 4.69) is 4.90 Å². The van der Waals surface area contributed by atoms with Crippen LogP contribution in [0.2, 0.25) is 5.02 Å². The second kappa shape index (κ2) is 9.11. The summed E-state index contributed by atoms with van der Waals surface area (Å²) in [6.45, 7) is 2.03. The second-order valence-electron chi connectivity index (χ2n) is 5.86. The summed E-state index contributed by atoms with van der Waals surface area (Å²) in [7, 11) is 4.01. The van der Waals surface area contributed by atoms with Gasteiger partial charge in [0.25, 0.3) is 5.91 Å². The minimum Gasteiger partial charge on any atom is -0.333 e. The van der Waals surface area contributed by atoms with Gasteiger partial charge >= 0.3 is 0 Å². The fourth-order valence-electron chi connectivity index (χ4n) is 2.34. The summed E-state index contributed by atoms with van der Waals surface area (Å²) in [5.74, 6) is -0.0263. The van der Waals surface area contributed by atoms with Crippen LogP contribution >= 0.6 is 23.4 Å². The summed E-state index contributed by atoms with van der Waals surface area (Å²) < 4.78 is 0. The number of likely N-dealkylation sites (N-methyl/N-ethyl adjacent to an activating group) is 1. The van der Waals surface area contributed by atoms with E-state index in [4.69, 9.17) is 11.6 Å². The second-order valence-corrected chi connectivity index (χ2v) is 7.15.